The monoisotopic (exact) mass is 290 g/mol. The Morgan fingerprint density at radius 3 is 2.32 bits per heavy atom. The minimum absolute atomic E-state index is 0.176. The van der Waals surface area contributed by atoms with Crippen LogP contribution in [0.5, 0.6) is 0 Å². The van der Waals surface area contributed by atoms with Crippen LogP contribution < -0.4 is 0 Å². The number of allylic oxidation sites excluding steroid dienone is 10. The lowest BCUT2D eigenvalue weighted by Crippen LogP contribution is -2.12. The third-order valence-electron chi connectivity index (χ3n) is 3.53. The summed E-state index contributed by atoms with van der Waals surface area (Å²) in [6.45, 7) is 13.9. The molecule has 2 rings (SSSR count). The van der Waals surface area contributed by atoms with E-state index in [1.165, 1.54) is 11.1 Å². The number of benzene rings is 1. The molecular weight excluding hydrogens is 264 g/mol. The quantitative estimate of drug-likeness (QED) is 0.553. The highest BCUT2D eigenvalue weighted by Gasteiger charge is 2.22. The molecule has 1 aliphatic carbocycles. The predicted molar refractivity (Wildman–Crippen MR) is 101 cm³/mol. The second-order valence-electron chi connectivity index (χ2n) is 5.03. The van der Waals surface area contributed by atoms with Crippen LogP contribution in [0.25, 0.3) is 5.57 Å². The van der Waals surface area contributed by atoms with Crippen LogP contribution in [0.4, 0.5) is 0 Å². The van der Waals surface area contributed by atoms with Gasteiger partial charge in [-0.15, -0.1) is 0 Å². The maximum atomic E-state index is 3.93. The standard InChI is InChI=1S/C20H20.C2H6/c1-4-11-19(5-2)20(3)15-10-9-14-18(16-20)17-12-7-6-8-13-17;1-2/h4-16H,1-2H2,3H3;1-2H3/b19-11+;. The van der Waals surface area contributed by atoms with Gasteiger partial charge < -0.3 is 0 Å². The Morgan fingerprint density at radius 1 is 1.05 bits per heavy atom. The molecule has 1 aliphatic rings. The van der Waals surface area contributed by atoms with Crippen LogP contribution in [-0.4, -0.2) is 0 Å². The Labute approximate surface area is 135 Å². The minimum atomic E-state index is -0.176. The first kappa shape index (κ1) is 17.7. The van der Waals surface area contributed by atoms with Crippen LogP contribution in [0.1, 0.15) is 26.3 Å². The van der Waals surface area contributed by atoms with E-state index in [0.29, 0.717) is 0 Å². The second kappa shape index (κ2) is 8.84. The summed E-state index contributed by atoms with van der Waals surface area (Å²) in [6, 6.07) is 10.4. The van der Waals surface area contributed by atoms with Gasteiger partial charge in [-0.05, 0) is 23.6 Å². The van der Waals surface area contributed by atoms with Crippen LogP contribution in [-0.2, 0) is 0 Å². The molecule has 0 radical (unpaired) electrons. The van der Waals surface area contributed by atoms with E-state index in [0.717, 1.165) is 5.57 Å². The Balaban J connectivity index is 0.00000116. The van der Waals surface area contributed by atoms with Gasteiger partial charge in [0.05, 0.1) is 0 Å². The van der Waals surface area contributed by atoms with Crippen LogP contribution in [0.2, 0.25) is 0 Å². The van der Waals surface area contributed by atoms with Gasteiger partial charge in [0.15, 0.2) is 0 Å². The molecule has 0 nitrogen and oxygen atoms in total. The molecule has 0 aliphatic heterocycles. The van der Waals surface area contributed by atoms with E-state index >= 15 is 0 Å². The Bertz CT molecular complexity index is 609. The fourth-order valence-electron chi connectivity index (χ4n) is 2.42. The zero-order valence-electron chi connectivity index (χ0n) is 13.9. The molecular formula is C22H26. The Morgan fingerprint density at radius 2 is 1.73 bits per heavy atom. The zero-order valence-corrected chi connectivity index (χ0v) is 13.9. The lowest BCUT2D eigenvalue weighted by Gasteiger charge is -2.24. The normalized spacial score (nSPS) is 20.3. The number of rotatable bonds is 4. The first-order valence-corrected chi connectivity index (χ1v) is 7.79. The fraction of sp³-hybridized carbons (Fsp3) is 0.182. The SMILES string of the molecule is C=C/C=C(\C=C)C1(C)C=CC=CC(c2ccccc2)=C1.CC. The van der Waals surface area contributed by atoms with Crippen molar-refractivity contribution in [1.29, 1.82) is 0 Å². The van der Waals surface area contributed by atoms with E-state index in [1.807, 2.05) is 38.1 Å². The van der Waals surface area contributed by atoms with Gasteiger partial charge >= 0.3 is 0 Å². The molecule has 1 atom stereocenters. The van der Waals surface area contributed by atoms with Crippen LogP contribution in [0.15, 0.2) is 97.7 Å². The van der Waals surface area contributed by atoms with E-state index in [-0.39, 0.29) is 5.41 Å². The number of hydrogen-bond acceptors (Lipinski definition) is 0. The van der Waals surface area contributed by atoms with Crippen molar-refractivity contribution in [3.8, 4) is 0 Å². The molecule has 0 heterocycles. The summed E-state index contributed by atoms with van der Waals surface area (Å²) in [4.78, 5) is 0. The maximum absolute atomic E-state index is 3.93. The maximum Gasteiger partial charge on any atom is 0.0295 e. The van der Waals surface area contributed by atoms with Crippen molar-refractivity contribution in [2.75, 3.05) is 0 Å². The summed E-state index contributed by atoms with van der Waals surface area (Å²) < 4.78 is 0. The summed E-state index contributed by atoms with van der Waals surface area (Å²) >= 11 is 0. The summed E-state index contributed by atoms with van der Waals surface area (Å²) in [5.41, 5.74) is 3.40. The van der Waals surface area contributed by atoms with Gasteiger partial charge in [-0.25, -0.2) is 0 Å². The number of hydrogen-bond donors (Lipinski definition) is 0. The van der Waals surface area contributed by atoms with E-state index in [2.05, 4.69) is 74.7 Å². The molecule has 0 heteroatoms. The van der Waals surface area contributed by atoms with Gasteiger partial charge in [0.25, 0.3) is 0 Å². The highest BCUT2D eigenvalue weighted by Crippen LogP contribution is 2.36. The smallest absolute Gasteiger partial charge is 0.0295 e. The van der Waals surface area contributed by atoms with Crippen LogP contribution >= 0.6 is 0 Å². The van der Waals surface area contributed by atoms with Gasteiger partial charge in [-0.3, -0.25) is 0 Å². The summed E-state index contributed by atoms with van der Waals surface area (Å²) in [6.07, 6.45) is 16.5. The van der Waals surface area contributed by atoms with Crippen molar-refractivity contribution in [3.63, 3.8) is 0 Å². The lowest BCUT2D eigenvalue weighted by atomic mass is 9.79. The molecule has 1 aromatic rings. The van der Waals surface area contributed by atoms with Gasteiger partial charge in [-0.1, -0.05) is 106 Å². The molecule has 0 N–H and O–H groups in total. The second-order valence-corrected chi connectivity index (χ2v) is 5.03. The molecule has 114 valence electrons. The molecule has 0 fully saturated rings. The fourth-order valence-corrected chi connectivity index (χ4v) is 2.42. The minimum Gasteiger partial charge on any atom is -0.0991 e. The molecule has 0 spiro atoms. The van der Waals surface area contributed by atoms with Crippen molar-refractivity contribution < 1.29 is 0 Å². The van der Waals surface area contributed by atoms with E-state index in [1.54, 1.807) is 0 Å². The summed E-state index contributed by atoms with van der Waals surface area (Å²) in [7, 11) is 0. The Hall–Kier alpha value is -2.34. The summed E-state index contributed by atoms with van der Waals surface area (Å²) in [5.74, 6) is 0. The average Bonchev–Trinajstić information content (AvgIpc) is 2.78. The van der Waals surface area contributed by atoms with E-state index < -0.39 is 0 Å². The third kappa shape index (κ3) is 4.33. The van der Waals surface area contributed by atoms with E-state index in [9.17, 15) is 0 Å². The molecule has 0 amide bonds. The molecule has 22 heavy (non-hydrogen) atoms. The first-order valence-electron chi connectivity index (χ1n) is 7.79. The van der Waals surface area contributed by atoms with Gasteiger partial charge in [0.2, 0.25) is 0 Å². The largest absolute Gasteiger partial charge is 0.0991 e. The topological polar surface area (TPSA) is 0 Å². The highest BCUT2D eigenvalue weighted by molar-refractivity contribution is 5.76. The molecule has 0 saturated heterocycles. The average molecular weight is 290 g/mol. The molecule has 1 aromatic carbocycles. The lowest BCUT2D eigenvalue weighted by molar-refractivity contribution is 0.684. The van der Waals surface area contributed by atoms with Gasteiger partial charge in [0, 0.05) is 5.41 Å². The van der Waals surface area contributed by atoms with Crippen molar-refractivity contribution in [3.05, 3.63) is 103 Å². The van der Waals surface area contributed by atoms with E-state index in [4.69, 9.17) is 0 Å². The Kier molecular flexibility index (Phi) is 7.12. The molecule has 0 bridgehead atoms. The third-order valence-corrected chi connectivity index (χ3v) is 3.53. The molecule has 0 saturated carbocycles. The summed E-state index contributed by atoms with van der Waals surface area (Å²) in [5, 5.41) is 0. The highest BCUT2D eigenvalue weighted by atomic mass is 14.3. The van der Waals surface area contributed by atoms with Crippen LogP contribution in [0.3, 0.4) is 0 Å². The predicted octanol–water partition coefficient (Wildman–Crippen LogP) is 6.53. The molecule has 0 aromatic heterocycles. The van der Waals surface area contributed by atoms with Crippen molar-refractivity contribution >= 4 is 5.57 Å². The van der Waals surface area contributed by atoms with Crippen LogP contribution in [0, 0.1) is 5.41 Å². The van der Waals surface area contributed by atoms with Gasteiger partial charge in [-0.2, -0.15) is 0 Å². The molecule has 1 unspecified atom stereocenters. The van der Waals surface area contributed by atoms with Crippen molar-refractivity contribution in [1.82, 2.24) is 0 Å². The first-order chi connectivity index (χ1) is 10.7. The van der Waals surface area contributed by atoms with Crippen molar-refractivity contribution in [2.24, 2.45) is 5.41 Å². The van der Waals surface area contributed by atoms with Crippen molar-refractivity contribution in [2.45, 2.75) is 20.8 Å². The zero-order chi connectivity index (χ0) is 16.4. The van der Waals surface area contributed by atoms with Gasteiger partial charge in [0.1, 0.15) is 0 Å².